The molecule has 1 atom stereocenters. The summed E-state index contributed by atoms with van der Waals surface area (Å²) in [6.07, 6.45) is 0. The molecule has 0 aliphatic heterocycles. The highest BCUT2D eigenvalue weighted by Gasteiger charge is 2.19. The number of anilines is 1. The third kappa shape index (κ3) is 5.85. The molecule has 1 aromatic rings. The molecule has 1 rings (SSSR count). The molecular formula is C13H15I3N4O3. The van der Waals surface area contributed by atoms with E-state index in [0.29, 0.717) is 6.61 Å². The number of rotatable bonds is 7. The Morgan fingerprint density at radius 2 is 2.13 bits per heavy atom. The van der Waals surface area contributed by atoms with Crippen LogP contribution in [0.25, 0.3) is 10.4 Å². The van der Waals surface area contributed by atoms with E-state index in [2.05, 4.69) is 77.8 Å². The van der Waals surface area contributed by atoms with Crippen LogP contribution in [0.2, 0.25) is 0 Å². The maximum atomic E-state index is 11.7. The SMILES string of the molecule is CC(=O)N(C)c1c(I)cc(I)c(COCC(CO)N=[N+]=[N-])c1I. The molecule has 0 radical (unpaired) electrons. The lowest BCUT2D eigenvalue weighted by Crippen LogP contribution is -2.25. The van der Waals surface area contributed by atoms with Crippen LogP contribution in [0.5, 0.6) is 0 Å². The lowest BCUT2D eigenvalue weighted by molar-refractivity contribution is -0.116. The van der Waals surface area contributed by atoms with E-state index in [1.54, 1.807) is 11.9 Å². The summed E-state index contributed by atoms with van der Waals surface area (Å²) in [6.45, 7) is 1.70. The van der Waals surface area contributed by atoms with Crippen molar-refractivity contribution in [2.45, 2.75) is 19.6 Å². The Bertz CT molecular complexity index is 635. The monoisotopic (exact) mass is 656 g/mol. The van der Waals surface area contributed by atoms with Crippen LogP contribution in [0.15, 0.2) is 11.2 Å². The van der Waals surface area contributed by atoms with Crippen molar-refractivity contribution in [2.75, 3.05) is 25.2 Å². The Balaban J connectivity index is 3.01. The zero-order valence-electron chi connectivity index (χ0n) is 12.5. The number of amides is 1. The van der Waals surface area contributed by atoms with Gasteiger partial charge in [-0.15, -0.1) is 0 Å². The molecule has 7 nitrogen and oxygen atoms in total. The van der Waals surface area contributed by atoms with Gasteiger partial charge in [0.1, 0.15) is 0 Å². The molecule has 10 heteroatoms. The van der Waals surface area contributed by atoms with Crippen LogP contribution in [0, 0.1) is 10.7 Å². The average molecular weight is 656 g/mol. The number of carbonyl (C=O) groups is 1. The molecule has 0 heterocycles. The molecule has 126 valence electrons. The standard InChI is InChI=1S/C13H15I3N4O3/c1-7(22)20(2)13-11(15)3-10(14)9(12(13)16)6-23-5-8(4-21)18-19-17/h3,8,21H,4-6H2,1-2H3. The van der Waals surface area contributed by atoms with Crippen LogP contribution in [0.1, 0.15) is 12.5 Å². The smallest absolute Gasteiger partial charge is 0.223 e. The highest BCUT2D eigenvalue weighted by molar-refractivity contribution is 14.1. The number of benzene rings is 1. The third-order valence-corrected chi connectivity index (χ3v) is 5.98. The average Bonchev–Trinajstić information content (AvgIpc) is 2.48. The highest BCUT2D eigenvalue weighted by atomic mass is 127. The van der Waals surface area contributed by atoms with Crippen molar-refractivity contribution < 1.29 is 14.6 Å². The maximum Gasteiger partial charge on any atom is 0.223 e. The largest absolute Gasteiger partial charge is 0.396 e. The molecule has 23 heavy (non-hydrogen) atoms. The van der Waals surface area contributed by atoms with Crippen molar-refractivity contribution in [2.24, 2.45) is 5.11 Å². The number of hydrogen-bond donors (Lipinski definition) is 1. The molecule has 0 fully saturated rings. The van der Waals surface area contributed by atoms with E-state index in [1.807, 2.05) is 6.07 Å². The lowest BCUT2D eigenvalue weighted by atomic mass is 10.2. The van der Waals surface area contributed by atoms with Crippen molar-refractivity contribution in [3.63, 3.8) is 0 Å². The summed E-state index contributed by atoms with van der Waals surface area (Å²) in [7, 11) is 1.74. The van der Waals surface area contributed by atoms with Crippen LogP contribution in [0.4, 0.5) is 5.69 Å². The number of ether oxygens (including phenoxy) is 1. The number of azide groups is 1. The van der Waals surface area contributed by atoms with Crippen molar-refractivity contribution in [3.8, 4) is 0 Å². The summed E-state index contributed by atoms with van der Waals surface area (Å²) in [6, 6.07) is 1.40. The fourth-order valence-electron chi connectivity index (χ4n) is 1.71. The van der Waals surface area contributed by atoms with Gasteiger partial charge >= 0.3 is 0 Å². The first-order valence-electron chi connectivity index (χ1n) is 6.46. The van der Waals surface area contributed by atoms with E-state index < -0.39 is 6.04 Å². The fraction of sp³-hybridized carbons (Fsp3) is 0.462. The lowest BCUT2D eigenvalue weighted by Gasteiger charge is -2.22. The molecule has 0 saturated heterocycles. The van der Waals surface area contributed by atoms with Gasteiger partial charge in [-0.05, 0) is 79.4 Å². The van der Waals surface area contributed by atoms with Crippen LogP contribution < -0.4 is 4.90 Å². The normalized spacial score (nSPS) is 11.7. The van der Waals surface area contributed by atoms with E-state index in [1.165, 1.54) is 6.92 Å². The van der Waals surface area contributed by atoms with Gasteiger partial charge in [-0.3, -0.25) is 4.79 Å². The van der Waals surface area contributed by atoms with Crippen LogP contribution in [-0.2, 0) is 16.1 Å². The second kappa shape index (κ2) is 10.2. The molecule has 0 aliphatic rings. The number of halogens is 3. The van der Waals surface area contributed by atoms with Crippen molar-refractivity contribution in [1.82, 2.24) is 0 Å². The number of nitrogens with zero attached hydrogens (tertiary/aromatic N) is 4. The summed E-state index contributed by atoms with van der Waals surface area (Å²) < 4.78 is 8.54. The van der Waals surface area contributed by atoms with Gasteiger partial charge in [0, 0.05) is 35.2 Å². The number of carbonyl (C=O) groups excluding carboxylic acids is 1. The van der Waals surface area contributed by atoms with Gasteiger partial charge in [-0.2, -0.15) is 0 Å². The first kappa shape index (κ1) is 21.2. The predicted molar refractivity (Wildman–Crippen MR) is 113 cm³/mol. The van der Waals surface area contributed by atoms with E-state index in [-0.39, 0.29) is 19.1 Å². The number of aliphatic hydroxyl groups is 1. The van der Waals surface area contributed by atoms with Gasteiger partial charge in [-0.25, -0.2) is 0 Å². The molecule has 0 spiro atoms. The van der Waals surface area contributed by atoms with Gasteiger partial charge in [0.15, 0.2) is 0 Å². The Kier molecular flexibility index (Phi) is 9.36. The minimum atomic E-state index is -0.599. The highest BCUT2D eigenvalue weighted by Crippen LogP contribution is 2.34. The summed E-state index contributed by atoms with van der Waals surface area (Å²) in [4.78, 5) is 16.0. The summed E-state index contributed by atoms with van der Waals surface area (Å²) >= 11 is 6.65. The molecule has 1 aromatic carbocycles. The summed E-state index contributed by atoms with van der Waals surface area (Å²) in [5.74, 6) is -0.0439. The van der Waals surface area contributed by atoms with E-state index >= 15 is 0 Å². The van der Waals surface area contributed by atoms with Crippen LogP contribution in [0.3, 0.4) is 0 Å². The molecule has 0 bridgehead atoms. The molecule has 0 aromatic heterocycles. The van der Waals surface area contributed by atoms with Crippen LogP contribution >= 0.6 is 67.8 Å². The van der Waals surface area contributed by atoms with Gasteiger partial charge in [-0.1, -0.05) is 5.11 Å². The molecule has 0 aliphatic carbocycles. The minimum absolute atomic E-state index is 0.0439. The first-order chi connectivity index (χ1) is 10.8. The Hall–Kier alpha value is 0.110. The summed E-state index contributed by atoms with van der Waals surface area (Å²) in [5, 5.41) is 12.5. The maximum absolute atomic E-state index is 11.7. The number of hydrogen-bond acceptors (Lipinski definition) is 4. The quantitative estimate of drug-likeness (QED) is 0.210. The zero-order valence-corrected chi connectivity index (χ0v) is 18.9. The number of aliphatic hydroxyl groups excluding tert-OH is 1. The Labute approximate surface area is 175 Å². The minimum Gasteiger partial charge on any atom is -0.396 e. The van der Waals surface area contributed by atoms with Gasteiger partial charge in [0.2, 0.25) is 5.91 Å². The van der Waals surface area contributed by atoms with Gasteiger partial charge < -0.3 is 14.7 Å². The molecule has 0 saturated carbocycles. The van der Waals surface area contributed by atoms with E-state index in [0.717, 1.165) is 22.0 Å². The van der Waals surface area contributed by atoms with E-state index in [4.69, 9.17) is 15.4 Å². The Morgan fingerprint density at radius 1 is 1.48 bits per heavy atom. The van der Waals surface area contributed by atoms with Gasteiger partial charge in [0.25, 0.3) is 0 Å². The van der Waals surface area contributed by atoms with Crippen molar-refractivity contribution in [1.29, 1.82) is 0 Å². The summed E-state index contributed by atoms with van der Waals surface area (Å²) in [5.41, 5.74) is 10.2. The predicted octanol–water partition coefficient (Wildman–Crippen LogP) is 3.67. The van der Waals surface area contributed by atoms with Crippen molar-refractivity contribution in [3.05, 3.63) is 32.8 Å². The van der Waals surface area contributed by atoms with Gasteiger partial charge in [0.05, 0.1) is 31.5 Å². The molecule has 1 amide bonds. The second-order valence-corrected chi connectivity index (χ2v) is 8.02. The molecule has 1 unspecified atom stereocenters. The van der Waals surface area contributed by atoms with Crippen molar-refractivity contribution >= 4 is 79.4 Å². The Morgan fingerprint density at radius 3 is 2.65 bits per heavy atom. The zero-order chi connectivity index (χ0) is 17.6. The van der Waals surface area contributed by atoms with Crippen LogP contribution in [-0.4, -0.2) is 37.3 Å². The first-order valence-corrected chi connectivity index (χ1v) is 9.70. The van der Waals surface area contributed by atoms with E-state index in [9.17, 15) is 4.79 Å². The molecule has 1 N–H and O–H groups in total. The molecular weight excluding hydrogens is 641 g/mol. The third-order valence-electron chi connectivity index (χ3n) is 3.03. The fourth-order valence-corrected chi connectivity index (χ4v) is 6.12. The second-order valence-electron chi connectivity index (χ2n) is 4.62. The topological polar surface area (TPSA) is 98.5 Å².